The van der Waals surface area contributed by atoms with E-state index < -0.39 is 0 Å². The smallest absolute Gasteiger partial charge is 0.298 e. The molecule has 1 amide bonds. The van der Waals surface area contributed by atoms with Gasteiger partial charge in [0.25, 0.3) is 5.91 Å². The lowest BCUT2D eigenvalue weighted by Crippen LogP contribution is -2.38. The molecule has 2 rings (SSSR count). The molecule has 2 heteroatoms. The number of benzene rings is 1. The van der Waals surface area contributed by atoms with Crippen LogP contribution in [0.3, 0.4) is 0 Å². The van der Waals surface area contributed by atoms with Crippen LogP contribution in [0.25, 0.3) is 0 Å². The largest absolute Gasteiger partial charge is 0.331 e. The minimum atomic E-state index is -0.0341. The normalized spacial score (nSPS) is 19.4. The van der Waals surface area contributed by atoms with Crippen molar-refractivity contribution in [3.8, 4) is 11.8 Å². The molecule has 17 heavy (non-hydrogen) atoms. The standard InChI is InChI=1S/C15H17NO/c1-2-7-15(17)16-11-6-10-14(12-16)13-8-4-3-5-9-13/h3-5,8-9,14H,6,10-12H2,1H3. The lowest BCUT2D eigenvalue weighted by atomic mass is 9.91. The van der Waals surface area contributed by atoms with Crippen molar-refractivity contribution < 1.29 is 4.79 Å². The molecule has 0 bridgehead atoms. The Morgan fingerprint density at radius 2 is 2.12 bits per heavy atom. The van der Waals surface area contributed by atoms with Gasteiger partial charge >= 0.3 is 0 Å². The predicted molar refractivity (Wildman–Crippen MR) is 68.4 cm³/mol. The summed E-state index contributed by atoms with van der Waals surface area (Å²) in [5, 5.41) is 0. The Morgan fingerprint density at radius 3 is 2.82 bits per heavy atom. The molecule has 1 unspecified atom stereocenters. The minimum Gasteiger partial charge on any atom is -0.331 e. The maximum atomic E-state index is 11.7. The van der Waals surface area contributed by atoms with E-state index in [4.69, 9.17) is 0 Å². The van der Waals surface area contributed by atoms with Crippen molar-refractivity contribution in [3.63, 3.8) is 0 Å². The maximum absolute atomic E-state index is 11.7. The van der Waals surface area contributed by atoms with E-state index in [0.29, 0.717) is 5.92 Å². The predicted octanol–water partition coefficient (Wildman–Crippen LogP) is 2.42. The Hall–Kier alpha value is -1.75. The number of hydrogen-bond acceptors (Lipinski definition) is 1. The second-order valence-electron chi connectivity index (χ2n) is 4.38. The first-order chi connectivity index (χ1) is 8.31. The third-order valence-electron chi connectivity index (χ3n) is 3.21. The van der Waals surface area contributed by atoms with Gasteiger partial charge in [0.05, 0.1) is 0 Å². The molecular weight excluding hydrogens is 210 g/mol. The summed E-state index contributed by atoms with van der Waals surface area (Å²) in [4.78, 5) is 13.6. The van der Waals surface area contributed by atoms with Gasteiger partial charge in [-0.1, -0.05) is 36.3 Å². The summed E-state index contributed by atoms with van der Waals surface area (Å²) < 4.78 is 0. The highest BCUT2D eigenvalue weighted by Gasteiger charge is 2.23. The van der Waals surface area contributed by atoms with Crippen LogP contribution in [0.1, 0.15) is 31.2 Å². The van der Waals surface area contributed by atoms with Gasteiger partial charge in [-0.3, -0.25) is 4.79 Å². The minimum absolute atomic E-state index is 0.0341. The number of carbonyl (C=O) groups excluding carboxylic acids is 1. The third-order valence-corrected chi connectivity index (χ3v) is 3.21. The van der Waals surface area contributed by atoms with E-state index in [0.717, 1.165) is 25.9 Å². The summed E-state index contributed by atoms with van der Waals surface area (Å²) in [5.74, 6) is 5.73. The summed E-state index contributed by atoms with van der Waals surface area (Å²) in [6.45, 7) is 3.35. The molecule has 0 aromatic heterocycles. The molecule has 1 aliphatic heterocycles. The van der Waals surface area contributed by atoms with Crippen LogP contribution in [-0.2, 0) is 4.79 Å². The van der Waals surface area contributed by atoms with Crippen molar-refractivity contribution >= 4 is 5.91 Å². The molecule has 0 N–H and O–H groups in total. The van der Waals surface area contributed by atoms with Gasteiger partial charge in [0.1, 0.15) is 0 Å². The zero-order chi connectivity index (χ0) is 12.1. The van der Waals surface area contributed by atoms with Crippen molar-refractivity contribution in [3.05, 3.63) is 35.9 Å². The number of nitrogens with zero attached hydrogens (tertiary/aromatic N) is 1. The number of carbonyl (C=O) groups is 1. The number of amides is 1. The molecule has 0 spiro atoms. The number of hydrogen-bond donors (Lipinski definition) is 0. The average Bonchev–Trinajstić information content (AvgIpc) is 2.40. The fraction of sp³-hybridized carbons (Fsp3) is 0.400. The fourth-order valence-electron chi connectivity index (χ4n) is 2.34. The first-order valence-corrected chi connectivity index (χ1v) is 6.08. The SMILES string of the molecule is CC#CC(=O)N1CCCC(c2ccccc2)C1. The van der Waals surface area contributed by atoms with Crippen LogP contribution in [0, 0.1) is 11.8 Å². The highest BCUT2D eigenvalue weighted by molar-refractivity contribution is 5.93. The number of rotatable bonds is 1. The topological polar surface area (TPSA) is 20.3 Å². The van der Waals surface area contributed by atoms with Gasteiger partial charge in [0, 0.05) is 19.0 Å². The maximum Gasteiger partial charge on any atom is 0.298 e. The molecule has 2 nitrogen and oxygen atoms in total. The van der Waals surface area contributed by atoms with Gasteiger partial charge in [-0.2, -0.15) is 0 Å². The highest BCUT2D eigenvalue weighted by Crippen LogP contribution is 2.26. The molecule has 1 fully saturated rings. The number of piperidine rings is 1. The van der Waals surface area contributed by atoms with Gasteiger partial charge in [-0.15, -0.1) is 0 Å². The molecule has 1 aromatic carbocycles. The van der Waals surface area contributed by atoms with Crippen LogP contribution in [0.4, 0.5) is 0 Å². The molecule has 0 radical (unpaired) electrons. The van der Waals surface area contributed by atoms with Gasteiger partial charge in [0.2, 0.25) is 0 Å². The highest BCUT2D eigenvalue weighted by atomic mass is 16.2. The van der Waals surface area contributed by atoms with Crippen molar-refractivity contribution in [2.45, 2.75) is 25.7 Å². The molecule has 88 valence electrons. The van der Waals surface area contributed by atoms with E-state index in [1.54, 1.807) is 6.92 Å². The molecule has 1 aliphatic rings. The first kappa shape index (κ1) is 11.7. The first-order valence-electron chi connectivity index (χ1n) is 6.08. The van der Waals surface area contributed by atoms with Crippen molar-refractivity contribution in [2.75, 3.05) is 13.1 Å². The van der Waals surface area contributed by atoms with E-state index in [9.17, 15) is 4.79 Å². The van der Waals surface area contributed by atoms with Crippen LogP contribution in [-0.4, -0.2) is 23.9 Å². The van der Waals surface area contributed by atoms with Crippen LogP contribution < -0.4 is 0 Å². The lowest BCUT2D eigenvalue weighted by Gasteiger charge is -2.31. The van der Waals surface area contributed by atoms with Crippen LogP contribution >= 0.6 is 0 Å². The Labute approximate surface area is 103 Å². The average molecular weight is 227 g/mol. The summed E-state index contributed by atoms with van der Waals surface area (Å²) in [6, 6.07) is 10.4. The zero-order valence-corrected chi connectivity index (χ0v) is 10.1. The van der Waals surface area contributed by atoms with Crippen LogP contribution in [0.5, 0.6) is 0 Å². The van der Waals surface area contributed by atoms with E-state index in [1.807, 2.05) is 11.0 Å². The van der Waals surface area contributed by atoms with Gasteiger partial charge in [-0.25, -0.2) is 0 Å². The summed E-state index contributed by atoms with van der Waals surface area (Å²) >= 11 is 0. The molecule has 1 heterocycles. The zero-order valence-electron chi connectivity index (χ0n) is 10.1. The Morgan fingerprint density at radius 1 is 1.35 bits per heavy atom. The Balaban J connectivity index is 2.07. The lowest BCUT2D eigenvalue weighted by molar-refractivity contribution is -0.126. The monoisotopic (exact) mass is 227 g/mol. The fourth-order valence-corrected chi connectivity index (χ4v) is 2.34. The molecule has 1 saturated heterocycles. The van der Waals surface area contributed by atoms with E-state index >= 15 is 0 Å². The summed E-state index contributed by atoms with van der Waals surface area (Å²) in [7, 11) is 0. The van der Waals surface area contributed by atoms with E-state index in [-0.39, 0.29) is 5.91 Å². The second kappa shape index (κ2) is 5.54. The summed E-state index contributed by atoms with van der Waals surface area (Å²) in [6.07, 6.45) is 2.23. The van der Waals surface area contributed by atoms with Crippen LogP contribution in [0.15, 0.2) is 30.3 Å². The molecule has 1 atom stereocenters. The Bertz CT molecular complexity index is 441. The quantitative estimate of drug-likeness (QED) is 0.675. The summed E-state index contributed by atoms with van der Waals surface area (Å²) in [5.41, 5.74) is 1.33. The van der Waals surface area contributed by atoms with E-state index in [1.165, 1.54) is 5.56 Å². The molecule has 0 aliphatic carbocycles. The molecule has 0 saturated carbocycles. The van der Waals surface area contributed by atoms with Crippen molar-refractivity contribution in [1.29, 1.82) is 0 Å². The second-order valence-corrected chi connectivity index (χ2v) is 4.38. The van der Waals surface area contributed by atoms with Gasteiger partial charge in [0.15, 0.2) is 0 Å². The van der Waals surface area contributed by atoms with Gasteiger partial charge < -0.3 is 4.90 Å². The Kier molecular flexibility index (Phi) is 3.82. The molecular formula is C15H17NO. The van der Waals surface area contributed by atoms with Crippen molar-refractivity contribution in [2.24, 2.45) is 0 Å². The third kappa shape index (κ3) is 2.88. The van der Waals surface area contributed by atoms with Crippen LogP contribution in [0.2, 0.25) is 0 Å². The van der Waals surface area contributed by atoms with E-state index in [2.05, 4.69) is 36.1 Å². The number of likely N-dealkylation sites (tertiary alicyclic amines) is 1. The van der Waals surface area contributed by atoms with Crippen molar-refractivity contribution in [1.82, 2.24) is 4.90 Å². The molecule has 1 aromatic rings. The van der Waals surface area contributed by atoms with Gasteiger partial charge in [-0.05, 0) is 31.2 Å².